The normalized spacial score (nSPS) is 12.4. The lowest BCUT2D eigenvalue weighted by Crippen LogP contribution is -2.25. The van der Waals surface area contributed by atoms with Gasteiger partial charge >= 0.3 is 5.97 Å². The summed E-state index contributed by atoms with van der Waals surface area (Å²) in [5, 5.41) is 0. The Balaban J connectivity index is 3.23. The van der Waals surface area contributed by atoms with Crippen molar-refractivity contribution < 1.29 is 23.7 Å². The van der Waals surface area contributed by atoms with E-state index in [4.69, 9.17) is 24.7 Å². The molecule has 6 heteroatoms. The van der Waals surface area contributed by atoms with E-state index in [0.717, 1.165) is 12.8 Å². The van der Waals surface area contributed by atoms with Gasteiger partial charge in [-0.15, -0.1) is 0 Å². The molecule has 0 rings (SSSR count). The quantitative estimate of drug-likeness (QED) is 0.395. The summed E-state index contributed by atoms with van der Waals surface area (Å²) in [5.74, 6) is -0.263. The highest BCUT2D eigenvalue weighted by atomic mass is 16.6. The molecule has 0 saturated carbocycles. The first-order valence-corrected chi connectivity index (χ1v) is 6.76. The van der Waals surface area contributed by atoms with E-state index in [1.165, 1.54) is 0 Å². The Kier molecular flexibility index (Phi) is 13.2. The predicted molar refractivity (Wildman–Crippen MR) is 72.0 cm³/mol. The summed E-state index contributed by atoms with van der Waals surface area (Å²) in [7, 11) is 1.63. The number of methoxy groups -OCH3 is 1. The molecular weight excluding hydrogens is 250 g/mol. The molecule has 114 valence electrons. The van der Waals surface area contributed by atoms with Crippen molar-refractivity contribution in [3.8, 4) is 0 Å². The van der Waals surface area contributed by atoms with Gasteiger partial charge in [-0.25, -0.2) is 0 Å². The van der Waals surface area contributed by atoms with Crippen LogP contribution in [0.3, 0.4) is 0 Å². The van der Waals surface area contributed by atoms with Crippen molar-refractivity contribution >= 4 is 5.97 Å². The van der Waals surface area contributed by atoms with E-state index in [1.54, 1.807) is 7.11 Å². The number of nitrogens with two attached hydrogens (primary N) is 1. The molecule has 0 heterocycles. The molecule has 0 radical (unpaired) electrons. The van der Waals surface area contributed by atoms with Gasteiger partial charge in [-0.2, -0.15) is 0 Å². The number of hydrogen-bond donors (Lipinski definition) is 1. The molecule has 0 aliphatic heterocycles. The van der Waals surface area contributed by atoms with Gasteiger partial charge in [-0.3, -0.25) is 4.79 Å². The minimum Gasteiger partial charge on any atom is -0.463 e. The number of ether oxygens (including phenoxy) is 4. The minimum absolute atomic E-state index is 0.104. The van der Waals surface area contributed by atoms with E-state index in [9.17, 15) is 4.79 Å². The molecule has 6 nitrogen and oxygen atoms in total. The van der Waals surface area contributed by atoms with Gasteiger partial charge in [0.05, 0.1) is 39.5 Å². The van der Waals surface area contributed by atoms with Crippen molar-refractivity contribution in [2.45, 2.75) is 32.2 Å². The Morgan fingerprint density at radius 2 is 1.63 bits per heavy atom. The molecule has 0 spiro atoms. The van der Waals surface area contributed by atoms with Gasteiger partial charge in [0.1, 0.15) is 6.61 Å². The van der Waals surface area contributed by atoms with Crippen LogP contribution in [0.25, 0.3) is 0 Å². The van der Waals surface area contributed by atoms with Crippen molar-refractivity contribution in [1.82, 2.24) is 0 Å². The van der Waals surface area contributed by atoms with Crippen LogP contribution < -0.4 is 5.73 Å². The Morgan fingerprint density at radius 3 is 2.21 bits per heavy atom. The summed E-state index contributed by atoms with van der Waals surface area (Å²) >= 11 is 0. The summed E-state index contributed by atoms with van der Waals surface area (Å²) in [6, 6.07) is -0.104. The standard InChI is InChI=1S/C13H27NO5/c1-3-4-12(14)11-13(15)19-10-9-18-8-7-17-6-5-16-2/h12H,3-11,14H2,1-2H3. The second-order valence-electron chi connectivity index (χ2n) is 4.19. The van der Waals surface area contributed by atoms with Gasteiger partial charge in [0.2, 0.25) is 0 Å². The number of carbonyl (C=O) groups is 1. The molecule has 0 amide bonds. The van der Waals surface area contributed by atoms with Gasteiger partial charge in [-0.05, 0) is 6.42 Å². The molecule has 2 N–H and O–H groups in total. The van der Waals surface area contributed by atoms with Crippen molar-refractivity contribution in [1.29, 1.82) is 0 Å². The zero-order chi connectivity index (χ0) is 14.3. The summed E-state index contributed by atoms with van der Waals surface area (Å²) < 4.78 is 20.3. The summed E-state index contributed by atoms with van der Waals surface area (Å²) in [5.41, 5.74) is 5.74. The van der Waals surface area contributed by atoms with E-state index in [0.29, 0.717) is 33.0 Å². The summed E-state index contributed by atoms with van der Waals surface area (Å²) in [4.78, 5) is 11.3. The van der Waals surface area contributed by atoms with Crippen LogP contribution in [0.2, 0.25) is 0 Å². The fourth-order valence-electron chi connectivity index (χ4n) is 1.42. The van der Waals surface area contributed by atoms with Crippen molar-refractivity contribution in [3.05, 3.63) is 0 Å². The van der Waals surface area contributed by atoms with Gasteiger partial charge in [0.15, 0.2) is 0 Å². The molecule has 0 aromatic rings. The lowest BCUT2D eigenvalue weighted by Gasteiger charge is -2.10. The molecule has 0 fully saturated rings. The fraction of sp³-hybridized carbons (Fsp3) is 0.923. The van der Waals surface area contributed by atoms with E-state index >= 15 is 0 Å². The zero-order valence-corrected chi connectivity index (χ0v) is 12.1. The van der Waals surface area contributed by atoms with Gasteiger partial charge < -0.3 is 24.7 Å². The van der Waals surface area contributed by atoms with Crippen LogP contribution in [0.15, 0.2) is 0 Å². The minimum atomic E-state index is -0.263. The highest BCUT2D eigenvalue weighted by molar-refractivity contribution is 5.70. The Hall–Kier alpha value is -0.690. The highest BCUT2D eigenvalue weighted by Gasteiger charge is 2.09. The van der Waals surface area contributed by atoms with Crippen molar-refractivity contribution in [2.75, 3.05) is 46.8 Å². The third-order valence-corrected chi connectivity index (χ3v) is 2.38. The van der Waals surface area contributed by atoms with Crippen molar-refractivity contribution in [2.24, 2.45) is 5.73 Å². The second kappa shape index (κ2) is 13.7. The van der Waals surface area contributed by atoms with E-state index in [-0.39, 0.29) is 25.0 Å². The molecule has 0 aromatic carbocycles. The zero-order valence-electron chi connectivity index (χ0n) is 12.1. The van der Waals surface area contributed by atoms with Crippen LogP contribution in [-0.2, 0) is 23.7 Å². The van der Waals surface area contributed by atoms with E-state index in [1.807, 2.05) is 6.92 Å². The first-order chi connectivity index (χ1) is 9.20. The van der Waals surface area contributed by atoms with Crippen molar-refractivity contribution in [3.63, 3.8) is 0 Å². The van der Waals surface area contributed by atoms with Crippen LogP contribution in [0, 0.1) is 0 Å². The first-order valence-electron chi connectivity index (χ1n) is 6.76. The molecule has 19 heavy (non-hydrogen) atoms. The molecule has 0 aliphatic carbocycles. The van der Waals surface area contributed by atoms with Crippen LogP contribution in [0.5, 0.6) is 0 Å². The van der Waals surface area contributed by atoms with E-state index in [2.05, 4.69) is 0 Å². The maximum atomic E-state index is 11.3. The highest BCUT2D eigenvalue weighted by Crippen LogP contribution is 1.99. The number of hydrogen-bond acceptors (Lipinski definition) is 6. The molecule has 1 unspecified atom stereocenters. The predicted octanol–water partition coefficient (Wildman–Crippen LogP) is 0.727. The SMILES string of the molecule is CCCC(N)CC(=O)OCCOCCOCCOC. The maximum absolute atomic E-state index is 11.3. The smallest absolute Gasteiger partial charge is 0.307 e. The third-order valence-electron chi connectivity index (χ3n) is 2.38. The van der Waals surface area contributed by atoms with Gasteiger partial charge in [-0.1, -0.05) is 13.3 Å². The molecular formula is C13H27NO5. The topological polar surface area (TPSA) is 80.0 Å². The molecule has 0 bridgehead atoms. The average Bonchev–Trinajstić information content (AvgIpc) is 2.37. The molecule has 1 atom stereocenters. The van der Waals surface area contributed by atoms with Crippen LogP contribution in [0.1, 0.15) is 26.2 Å². The largest absolute Gasteiger partial charge is 0.463 e. The molecule has 0 saturated heterocycles. The third kappa shape index (κ3) is 13.5. The van der Waals surface area contributed by atoms with Crippen LogP contribution >= 0.6 is 0 Å². The lowest BCUT2D eigenvalue weighted by atomic mass is 10.1. The summed E-state index contributed by atoms with van der Waals surface area (Å²) in [6.07, 6.45) is 2.08. The van der Waals surface area contributed by atoms with Crippen LogP contribution in [-0.4, -0.2) is 58.8 Å². The maximum Gasteiger partial charge on any atom is 0.307 e. The van der Waals surface area contributed by atoms with Crippen LogP contribution in [0.4, 0.5) is 0 Å². The Bertz CT molecular complexity index is 213. The molecule has 0 aromatic heterocycles. The Labute approximate surface area is 115 Å². The number of carbonyl (C=O) groups excluding carboxylic acids is 1. The monoisotopic (exact) mass is 277 g/mol. The average molecular weight is 277 g/mol. The number of rotatable bonds is 13. The summed E-state index contributed by atoms with van der Waals surface area (Å²) in [6.45, 7) is 4.81. The molecule has 0 aliphatic rings. The Morgan fingerprint density at radius 1 is 1.05 bits per heavy atom. The van der Waals surface area contributed by atoms with Gasteiger partial charge in [0, 0.05) is 13.2 Å². The first kappa shape index (κ1) is 18.3. The number of esters is 1. The lowest BCUT2D eigenvalue weighted by molar-refractivity contribution is -0.145. The van der Waals surface area contributed by atoms with Gasteiger partial charge in [0.25, 0.3) is 0 Å². The fourth-order valence-corrected chi connectivity index (χ4v) is 1.42. The van der Waals surface area contributed by atoms with E-state index < -0.39 is 0 Å². The second-order valence-corrected chi connectivity index (χ2v) is 4.19.